The van der Waals surface area contributed by atoms with Gasteiger partial charge in [0.05, 0.1) is 15.7 Å². The van der Waals surface area contributed by atoms with E-state index in [2.05, 4.69) is 27.9 Å². The van der Waals surface area contributed by atoms with Crippen molar-refractivity contribution in [2.45, 2.75) is 0 Å². The van der Waals surface area contributed by atoms with Gasteiger partial charge in [0.2, 0.25) is 0 Å². The van der Waals surface area contributed by atoms with E-state index in [4.69, 9.17) is 23.2 Å². The Balaban J connectivity index is 2.23. The Labute approximate surface area is 133 Å². The second kappa shape index (κ2) is 5.98. The molecule has 3 nitrogen and oxygen atoms in total. The lowest BCUT2D eigenvalue weighted by molar-refractivity contribution is 0.102. The number of anilines is 1. The summed E-state index contributed by atoms with van der Waals surface area (Å²) in [7, 11) is 0. The molecule has 0 spiro atoms. The predicted molar refractivity (Wildman–Crippen MR) is 85.2 cm³/mol. The zero-order chi connectivity index (χ0) is 14.0. The molecule has 0 radical (unpaired) electrons. The molecule has 2 aromatic rings. The Bertz CT molecular complexity index is 647. The van der Waals surface area contributed by atoms with E-state index in [0.29, 0.717) is 16.3 Å². The maximum Gasteiger partial charge on any atom is 0.255 e. The minimum absolute atomic E-state index is 0.0420. The molecule has 0 fully saturated rings. The van der Waals surface area contributed by atoms with Crippen molar-refractivity contribution in [2.24, 2.45) is 0 Å². The summed E-state index contributed by atoms with van der Waals surface area (Å²) in [5, 5.41) is 12.7. The number of rotatable bonds is 2. The third-order valence-corrected chi connectivity index (χ3v) is 4.27. The number of hydrogen-bond donors (Lipinski definition) is 2. The van der Waals surface area contributed by atoms with Gasteiger partial charge in [0.15, 0.2) is 0 Å². The molecule has 2 N–H and O–H groups in total. The average Bonchev–Trinajstić information content (AvgIpc) is 2.36. The maximum atomic E-state index is 12.0. The first-order chi connectivity index (χ1) is 8.97. The van der Waals surface area contributed by atoms with Crippen LogP contribution in [-0.4, -0.2) is 11.0 Å². The summed E-state index contributed by atoms with van der Waals surface area (Å²) in [6, 6.07) is 9.37. The van der Waals surface area contributed by atoms with Gasteiger partial charge in [-0.1, -0.05) is 23.2 Å². The fourth-order valence-corrected chi connectivity index (χ4v) is 2.18. The number of benzene rings is 2. The Morgan fingerprint density at radius 1 is 1.11 bits per heavy atom. The van der Waals surface area contributed by atoms with Crippen molar-refractivity contribution < 1.29 is 9.90 Å². The number of amides is 1. The molecule has 6 heteroatoms. The first-order valence-electron chi connectivity index (χ1n) is 5.22. The van der Waals surface area contributed by atoms with Crippen LogP contribution in [0.2, 0.25) is 10.0 Å². The highest BCUT2D eigenvalue weighted by Crippen LogP contribution is 2.27. The average molecular weight is 408 g/mol. The van der Waals surface area contributed by atoms with Crippen molar-refractivity contribution >= 4 is 57.4 Å². The Morgan fingerprint density at radius 3 is 2.47 bits per heavy atom. The van der Waals surface area contributed by atoms with Crippen LogP contribution in [0, 0.1) is 3.57 Å². The fourth-order valence-electron chi connectivity index (χ4n) is 1.44. The molecule has 98 valence electrons. The lowest BCUT2D eigenvalue weighted by atomic mass is 10.2. The molecule has 0 aliphatic carbocycles. The van der Waals surface area contributed by atoms with Crippen molar-refractivity contribution in [1.82, 2.24) is 0 Å². The summed E-state index contributed by atoms with van der Waals surface area (Å²) in [5.74, 6) is -0.272. The van der Waals surface area contributed by atoms with Crippen molar-refractivity contribution in [3.05, 3.63) is 55.6 Å². The van der Waals surface area contributed by atoms with E-state index in [1.807, 2.05) is 0 Å². The number of halogens is 3. The third kappa shape index (κ3) is 3.52. The van der Waals surface area contributed by atoms with Gasteiger partial charge in [-0.3, -0.25) is 4.79 Å². The third-order valence-electron chi connectivity index (χ3n) is 2.38. The molecule has 0 heterocycles. The molecule has 0 bridgehead atoms. The van der Waals surface area contributed by atoms with Gasteiger partial charge in [-0.05, 0) is 52.9 Å². The molecule has 0 aromatic heterocycles. The molecule has 2 aromatic carbocycles. The van der Waals surface area contributed by atoms with E-state index in [0.717, 1.165) is 3.57 Å². The van der Waals surface area contributed by atoms with Gasteiger partial charge in [-0.15, -0.1) is 0 Å². The quantitative estimate of drug-likeness (QED) is 0.566. The molecular weight excluding hydrogens is 400 g/mol. The predicted octanol–water partition coefficient (Wildman–Crippen LogP) is 4.56. The standard InChI is InChI=1S/C13H8Cl2INO2/c14-9-5-7(1-3-11(9)16)13(19)17-12-4-2-8(18)6-10(12)15/h1-6,18H,(H,17,19). The Morgan fingerprint density at radius 2 is 1.84 bits per heavy atom. The van der Waals surface area contributed by atoms with Gasteiger partial charge in [-0.25, -0.2) is 0 Å². The second-order valence-corrected chi connectivity index (χ2v) is 5.72. The molecular formula is C13H8Cl2INO2. The van der Waals surface area contributed by atoms with Crippen molar-refractivity contribution in [3.63, 3.8) is 0 Å². The largest absolute Gasteiger partial charge is 0.508 e. The smallest absolute Gasteiger partial charge is 0.255 e. The topological polar surface area (TPSA) is 49.3 Å². The maximum absolute atomic E-state index is 12.0. The van der Waals surface area contributed by atoms with Crippen LogP contribution >= 0.6 is 45.8 Å². The van der Waals surface area contributed by atoms with Gasteiger partial charge >= 0.3 is 0 Å². The zero-order valence-corrected chi connectivity index (χ0v) is 13.1. The van der Waals surface area contributed by atoms with Crippen molar-refractivity contribution in [1.29, 1.82) is 0 Å². The van der Waals surface area contributed by atoms with Crippen LogP contribution < -0.4 is 5.32 Å². The monoisotopic (exact) mass is 407 g/mol. The summed E-state index contributed by atoms with van der Waals surface area (Å²) in [6.45, 7) is 0. The molecule has 0 aliphatic heterocycles. The lowest BCUT2D eigenvalue weighted by Crippen LogP contribution is -2.12. The van der Waals surface area contributed by atoms with Gasteiger partial charge in [0.25, 0.3) is 5.91 Å². The summed E-state index contributed by atoms with van der Waals surface area (Å²) < 4.78 is 0.874. The van der Waals surface area contributed by atoms with Gasteiger partial charge in [0.1, 0.15) is 5.75 Å². The van der Waals surface area contributed by atoms with Gasteiger partial charge in [0, 0.05) is 15.2 Å². The Kier molecular flexibility index (Phi) is 4.54. The van der Waals surface area contributed by atoms with Crippen molar-refractivity contribution in [2.75, 3.05) is 5.32 Å². The highest BCUT2D eigenvalue weighted by Gasteiger charge is 2.10. The van der Waals surface area contributed by atoms with Crippen LogP contribution in [0.25, 0.3) is 0 Å². The van der Waals surface area contributed by atoms with Gasteiger partial charge in [-0.2, -0.15) is 0 Å². The highest BCUT2D eigenvalue weighted by atomic mass is 127. The van der Waals surface area contributed by atoms with E-state index in [1.165, 1.54) is 18.2 Å². The molecule has 19 heavy (non-hydrogen) atoms. The first kappa shape index (κ1) is 14.4. The molecule has 0 saturated heterocycles. The minimum atomic E-state index is -0.314. The SMILES string of the molecule is O=C(Nc1ccc(O)cc1Cl)c1ccc(I)c(Cl)c1. The number of carbonyl (C=O) groups excluding carboxylic acids is 1. The molecule has 0 aliphatic rings. The summed E-state index contributed by atoms with van der Waals surface area (Å²) in [5.41, 5.74) is 0.869. The second-order valence-electron chi connectivity index (χ2n) is 3.75. The first-order valence-corrected chi connectivity index (χ1v) is 7.06. The summed E-state index contributed by atoms with van der Waals surface area (Å²) >= 11 is 14.0. The van der Waals surface area contributed by atoms with E-state index < -0.39 is 0 Å². The minimum Gasteiger partial charge on any atom is -0.508 e. The molecule has 0 saturated carbocycles. The van der Waals surface area contributed by atoms with E-state index >= 15 is 0 Å². The van der Waals surface area contributed by atoms with Crippen LogP contribution in [0.4, 0.5) is 5.69 Å². The highest BCUT2D eigenvalue weighted by molar-refractivity contribution is 14.1. The summed E-state index contributed by atoms with van der Waals surface area (Å²) in [6.07, 6.45) is 0. The number of nitrogens with one attached hydrogen (secondary N) is 1. The normalized spacial score (nSPS) is 10.3. The van der Waals surface area contributed by atoms with Crippen molar-refractivity contribution in [3.8, 4) is 5.75 Å². The number of hydrogen-bond acceptors (Lipinski definition) is 2. The molecule has 0 unspecified atom stereocenters. The number of phenols is 1. The van der Waals surface area contributed by atoms with Crippen LogP contribution in [-0.2, 0) is 0 Å². The van der Waals surface area contributed by atoms with Crippen LogP contribution in [0.5, 0.6) is 5.75 Å². The molecule has 0 atom stereocenters. The summed E-state index contributed by atoms with van der Waals surface area (Å²) in [4.78, 5) is 12.0. The fraction of sp³-hybridized carbons (Fsp3) is 0. The number of phenolic OH excluding ortho intramolecular Hbond substituents is 1. The lowest BCUT2D eigenvalue weighted by Gasteiger charge is -2.08. The van der Waals surface area contributed by atoms with E-state index in [-0.39, 0.29) is 16.7 Å². The van der Waals surface area contributed by atoms with E-state index in [9.17, 15) is 9.90 Å². The van der Waals surface area contributed by atoms with Crippen LogP contribution in [0.15, 0.2) is 36.4 Å². The molecule has 2 rings (SSSR count). The van der Waals surface area contributed by atoms with E-state index in [1.54, 1.807) is 18.2 Å². The zero-order valence-electron chi connectivity index (χ0n) is 9.45. The number of aromatic hydroxyl groups is 1. The van der Waals surface area contributed by atoms with Crippen LogP contribution in [0.3, 0.4) is 0 Å². The van der Waals surface area contributed by atoms with Gasteiger partial charge < -0.3 is 10.4 Å². The molecule has 1 amide bonds. The Hall–Kier alpha value is -0.980. The van der Waals surface area contributed by atoms with Crippen LogP contribution in [0.1, 0.15) is 10.4 Å². The number of carbonyl (C=O) groups is 1.